The van der Waals surface area contributed by atoms with Crippen LogP contribution in [-0.4, -0.2) is 6.29 Å². The molecule has 0 aromatic heterocycles. The van der Waals surface area contributed by atoms with E-state index in [1.807, 2.05) is 6.08 Å². The van der Waals surface area contributed by atoms with Crippen LogP contribution in [0, 0.1) is 16.7 Å². The summed E-state index contributed by atoms with van der Waals surface area (Å²) in [6.07, 6.45) is 9.09. The summed E-state index contributed by atoms with van der Waals surface area (Å²) >= 11 is 0. The van der Waals surface area contributed by atoms with Crippen molar-refractivity contribution >= 4 is 6.29 Å². The molecule has 1 heteroatoms. The summed E-state index contributed by atoms with van der Waals surface area (Å²) in [6.45, 7) is 10.4. The fraction of sp³-hybridized carbons (Fsp3) is 0.615. The lowest BCUT2D eigenvalue weighted by Crippen LogP contribution is -2.26. The maximum absolute atomic E-state index is 10.7. The van der Waals surface area contributed by atoms with E-state index in [0.29, 0.717) is 12.3 Å². The maximum atomic E-state index is 10.7. The minimum absolute atomic E-state index is 0.0208. The lowest BCUT2D eigenvalue weighted by Gasteiger charge is -2.33. The number of rotatable bonds is 4. The molecule has 0 saturated carbocycles. The number of carbonyl (C=O) groups is 1. The molecule has 0 spiro atoms. The molecule has 78 valence electrons. The summed E-state index contributed by atoms with van der Waals surface area (Å²) < 4.78 is 0. The third-order valence-electron chi connectivity index (χ3n) is 3.37. The summed E-state index contributed by atoms with van der Waals surface area (Å²) in [6, 6.07) is 0. The topological polar surface area (TPSA) is 17.1 Å². The molecular formula is C13H20O. The largest absolute Gasteiger partial charge is 0.303 e. The Hall–Kier alpha value is -0.850. The van der Waals surface area contributed by atoms with Crippen LogP contribution in [0.2, 0.25) is 0 Å². The zero-order valence-electron chi connectivity index (χ0n) is 9.42. The highest BCUT2D eigenvalue weighted by Gasteiger charge is 2.40. The molecule has 14 heavy (non-hydrogen) atoms. The highest BCUT2D eigenvalue weighted by molar-refractivity contribution is 5.52. The highest BCUT2D eigenvalue weighted by Crippen LogP contribution is 2.49. The second kappa shape index (κ2) is 3.72. The minimum atomic E-state index is 0.0208. The van der Waals surface area contributed by atoms with Crippen LogP contribution < -0.4 is 0 Å². The van der Waals surface area contributed by atoms with E-state index in [1.165, 1.54) is 0 Å². The zero-order chi connectivity index (χ0) is 10.8. The van der Waals surface area contributed by atoms with Crippen LogP contribution in [0.4, 0.5) is 0 Å². The van der Waals surface area contributed by atoms with Gasteiger partial charge >= 0.3 is 0 Å². The average molecular weight is 192 g/mol. The van der Waals surface area contributed by atoms with E-state index < -0.39 is 0 Å². The van der Waals surface area contributed by atoms with Gasteiger partial charge in [0.25, 0.3) is 0 Å². The first-order valence-corrected chi connectivity index (χ1v) is 5.22. The SMILES string of the molecule is C=CC(C)C1(CC=O)C=CC(C)(C)C1. The molecule has 1 aliphatic rings. The number of allylic oxidation sites excluding steroid dienone is 3. The zero-order valence-corrected chi connectivity index (χ0v) is 9.42. The third-order valence-corrected chi connectivity index (χ3v) is 3.37. The Bertz CT molecular complexity index is 262. The van der Waals surface area contributed by atoms with Crippen molar-refractivity contribution in [3.8, 4) is 0 Å². The summed E-state index contributed by atoms with van der Waals surface area (Å²) in [5, 5.41) is 0. The number of aldehydes is 1. The molecule has 0 heterocycles. The van der Waals surface area contributed by atoms with Crippen molar-refractivity contribution in [2.24, 2.45) is 16.7 Å². The molecule has 0 N–H and O–H groups in total. The third kappa shape index (κ3) is 1.97. The maximum Gasteiger partial charge on any atom is 0.120 e. The van der Waals surface area contributed by atoms with Crippen molar-refractivity contribution < 1.29 is 4.79 Å². The van der Waals surface area contributed by atoms with Gasteiger partial charge in [-0.15, -0.1) is 6.58 Å². The minimum Gasteiger partial charge on any atom is -0.303 e. The van der Waals surface area contributed by atoms with Crippen molar-refractivity contribution in [3.05, 3.63) is 24.8 Å². The van der Waals surface area contributed by atoms with Gasteiger partial charge in [-0.2, -0.15) is 0 Å². The Morgan fingerprint density at radius 1 is 1.50 bits per heavy atom. The predicted molar refractivity (Wildman–Crippen MR) is 60.0 cm³/mol. The molecule has 1 nitrogen and oxygen atoms in total. The second-order valence-electron chi connectivity index (χ2n) is 5.13. The summed E-state index contributed by atoms with van der Waals surface area (Å²) in [4.78, 5) is 10.7. The fourth-order valence-electron chi connectivity index (χ4n) is 2.39. The number of carbonyl (C=O) groups excluding carboxylic acids is 1. The van der Waals surface area contributed by atoms with E-state index in [4.69, 9.17) is 0 Å². The second-order valence-corrected chi connectivity index (χ2v) is 5.13. The summed E-state index contributed by atoms with van der Waals surface area (Å²) in [5.74, 6) is 0.366. The van der Waals surface area contributed by atoms with Crippen molar-refractivity contribution in [3.63, 3.8) is 0 Å². The van der Waals surface area contributed by atoms with Gasteiger partial charge < -0.3 is 4.79 Å². The van der Waals surface area contributed by atoms with Crippen LogP contribution in [-0.2, 0) is 4.79 Å². The van der Waals surface area contributed by atoms with E-state index in [1.54, 1.807) is 0 Å². The first-order valence-electron chi connectivity index (χ1n) is 5.22. The van der Waals surface area contributed by atoms with Crippen molar-refractivity contribution in [2.75, 3.05) is 0 Å². The van der Waals surface area contributed by atoms with Gasteiger partial charge in [0.15, 0.2) is 0 Å². The molecule has 0 bridgehead atoms. The molecule has 0 aromatic carbocycles. The molecule has 2 unspecified atom stereocenters. The molecule has 2 atom stereocenters. The fourth-order valence-corrected chi connectivity index (χ4v) is 2.39. The van der Waals surface area contributed by atoms with Crippen LogP contribution in [0.15, 0.2) is 24.8 Å². The van der Waals surface area contributed by atoms with Gasteiger partial charge in [-0.1, -0.05) is 39.0 Å². The Labute approximate surface area is 86.9 Å². The smallest absolute Gasteiger partial charge is 0.120 e. The van der Waals surface area contributed by atoms with Gasteiger partial charge in [-0.25, -0.2) is 0 Å². The van der Waals surface area contributed by atoms with Gasteiger partial charge in [0.1, 0.15) is 6.29 Å². The van der Waals surface area contributed by atoms with Gasteiger partial charge in [0, 0.05) is 11.8 Å². The van der Waals surface area contributed by atoms with E-state index >= 15 is 0 Å². The van der Waals surface area contributed by atoms with Gasteiger partial charge in [0.05, 0.1) is 0 Å². The standard InChI is InChI=1S/C13H20O/c1-5-11(2)13(8-9-14)7-6-12(3,4)10-13/h5-7,9,11H,1,8,10H2,2-4H3. The van der Waals surface area contributed by atoms with Crippen LogP contribution in [0.3, 0.4) is 0 Å². The normalized spacial score (nSPS) is 31.4. The highest BCUT2D eigenvalue weighted by atomic mass is 16.1. The Kier molecular flexibility index (Phi) is 2.98. The molecule has 0 aliphatic heterocycles. The molecule has 0 fully saturated rings. The Morgan fingerprint density at radius 3 is 2.50 bits per heavy atom. The number of hydrogen-bond donors (Lipinski definition) is 0. The van der Waals surface area contributed by atoms with Crippen LogP contribution >= 0.6 is 0 Å². The quantitative estimate of drug-likeness (QED) is 0.493. The molecule has 1 aliphatic carbocycles. The van der Waals surface area contributed by atoms with E-state index in [2.05, 4.69) is 39.5 Å². The van der Waals surface area contributed by atoms with Crippen LogP contribution in [0.5, 0.6) is 0 Å². The Morgan fingerprint density at radius 2 is 2.14 bits per heavy atom. The molecular weight excluding hydrogens is 172 g/mol. The molecule has 1 rings (SSSR count). The monoisotopic (exact) mass is 192 g/mol. The van der Waals surface area contributed by atoms with E-state index in [-0.39, 0.29) is 10.8 Å². The lowest BCUT2D eigenvalue weighted by molar-refractivity contribution is -0.109. The van der Waals surface area contributed by atoms with E-state index in [9.17, 15) is 4.79 Å². The molecule has 0 radical (unpaired) electrons. The van der Waals surface area contributed by atoms with Crippen molar-refractivity contribution in [2.45, 2.75) is 33.6 Å². The van der Waals surface area contributed by atoms with Crippen molar-refractivity contribution in [1.29, 1.82) is 0 Å². The van der Waals surface area contributed by atoms with Gasteiger partial charge in [-0.05, 0) is 17.8 Å². The predicted octanol–water partition coefficient (Wildman–Crippen LogP) is 3.37. The first kappa shape index (κ1) is 11.2. The van der Waals surface area contributed by atoms with E-state index in [0.717, 1.165) is 12.7 Å². The van der Waals surface area contributed by atoms with Crippen LogP contribution in [0.25, 0.3) is 0 Å². The average Bonchev–Trinajstić information content (AvgIpc) is 2.42. The number of hydrogen-bond acceptors (Lipinski definition) is 1. The lowest BCUT2D eigenvalue weighted by atomic mass is 9.70. The summed E-state index contributed by atoms with van der Waals surface area (Å²) in [5.41, 5.74) is 0.243. The molecule has 0 saturated heterocycles. The summed E-state index contributed by atoms with van der Waals surface area (Å²) in [7, 11) is 0. The van der Waals surface area contributed by atoms with Crippen molar-refractivity contribution in [1.82, 2.24) is 0 Å². The van der Waals surface area contributed by atoms with Gasteiger partial charge in [-0.3, -0.25) is 0 Å². The molecule has 0 aromatic rings. The van der Waals surface area contributed by atoms with Gasteiger partial charge in [0.2, 0.25) is 0 Å². The van der Waals surface area contributed by atoms with Crippen LogP contribution in [0.1, 0.15) is 33.6 Å². The Balaban J connectivity index is 2.92. The molecule has 0 amide bonds. The first-order chi connectivity index (χ1) is 6.46.